The lowest BCUT2D eigenvalue weighted by molar-refractivity contribution is -0.147. The Bertz CT molecular complexity index is 1610. The van der Waals surface area contributed by atoms with Gasteiger partial charge in [0, 0.05) is 39.0 Å². The third-order valence-electron chi connectivity index (χ3n) is 11.6. The molecule has 0 unspecified atom stereocenters. The number of rotatable bonds is 17. The molecule has 22 nitrogen and oxygen atoms in total. The fourth-order valence-electron chi connectivity index (χ4n) is 8.64. The van der Waals surface area contributed by atoms with Crippen LogP contribution in [0.15, 0.2) is 0 Å². The molecule has 5 fully saturated rings. The summed E-state index contributed by atoms with van der Waals surface area (Å²) in [6.45, 7) is -0.350. The van der Waals surface area contributed by atoms with E-state index >= 15 is 0 Å². The van der Waals surface area contributed by atoms with Crippen LogP contribution in [0.2, 0.25) is 0 Å². The van der Waals surface area contributed by atoms with Gasteiger partial charge in [-0.25, -0.2) is 0 Å². The van der Waals surface area contributed by atoms with Gasteiger partial charge >= 0.3 is 5.97 Å². The van der Waals surface area contributed by atoms with Gasteiger partial charge in [0.15, 0.2) is 0 Å². The van der Waals surface area contributed by atoms with Crippen LogP contribution in [-0.2, 0) is 43.2 Å². The molecule has 22 heteroatoms. The Balaban J connectivity index is 1.14. The molecule has 0 spiro atoms. The summed E-state index contributed by atoms with van der Waals surface area (Å²) < 4.78 is 0. The van der Waals surface area contributed by atoms with E-state index in [1.807, 2.05) is 0 Å². The Morgan fingerprint density at radius 1 is 0.644 bits per heavy atom. The van der Waals surface area contributed by atoms with Gasteiger partial charge in [0.25, 0.3) is 0 Å². The van der Waals surface area contributed by atoms with Crippen molar-refractivity contribution in [1.82, 2.24) is 46.2 Å². The highest BCUT2D eigenvalue weighted by Gasteiger charge is 2.45. The number of amides is 8. The van der Waals surface area contributed by atoms with Crippen molar-refractivity contribution in [2.45, 2.75) is 119 Å². The van der Waals surface area contributed by atoms with Crippen molar-refractivity contribution in [2.24, 2.45) is 5.73 Å². The summed E-state index contributed by atoms with van der Waals surface area (Å²) in [4.78, 5) is 122. The second kappa shape index (κ2) is 20.9. The standard InChI is InChI=1S/C37H58N10O12/c38-10-2-1-6-23(32(54)40-16-30(51)45-13-5-9-26(45)37(59)47-20-22(49)15-28(47)34(56)42-18-31(52)53)43-35(57)25-8-4-12-44(25)29(50)17-41-33(55)27-14-21(48)19-46(27)36(58)24-7-3-11-39-24/h21-28,39,48-49H,1-20,38H2,(H,40,54)(H,41,55)(H,42,56)(H,43,57)(H,52,53)/t21-,22-,23+,24+,25+,26+,27+,28+/m1/s1. The number of carbonyl (C=O) groups is 9. The summed E-state index contributed by atoms with van der Waals surface area (Å²) in [6, 6.07) is -5.52. The monoisotopic (exact) mass is 834 g/mol. The highest BCUT2D eigenvalue weighted by Crippen LogP contribution is 2.26. The minimum atomic E-state index is -1.28. The molecule has 0 aromatic heterocycles. The normalized spacial score (nSPS) is 27.1. The Morgan fingerprint density at radius 3 is 1.78 bits per heavy atom. The molecule has 328 valence electrons. The molecule has 0 saturated carbocycles. The fourth-order valence-corrected chi connectivity index (χ4v) is 8.64. The van der Waals surface area contributed by atoms with Crippen molar-refractivity contribution in [1.29, 1.82) is 0 Å². The second-order valence-corrected chi connectivity index (χ2v) is 15.8. The first kappa shape index (κ1) is 45.2. The van der Waals surface area contributed by atoms with E-state index in [-0.39, 0.29) is 57.8 Å². The van der Waals surface area contributed by atoms with Crippen molar-refractivity contribution in [3.05, 3.63) is 0 Å². The molecule has 0 aliphatic carbocycles. The van der Waals surface area contributed by atoms with Gasteiger partial charge in [-0.3, -0.25) is 43.2 Å². The molecule has 5 heterocycles. The third-order valence-corrected chi connectivity index (χ3v) is 11.6. The van der Waals surface area contributed by atoms with Crippen molar-refractivity contribution < 1.29 is 58.5 Å². The smallest absolute Gasteiger partial charge is 0.322 e. The van der Waals surface area contributed by atoms with E-state index in [1.165, 1.54) is 14.7 Å². The molecule has 5 aliphatic heterocycles. The summed E-state index contributed by atoms with van der Waals surface area (Å²) >= 11 is 0. The van der Waals surface area contributed by atoms with E-state index in [4.69, 9.17) is 10.8 Å². The Hall–Kier alpha value is -4.93. The molecular weight excluding hydrogens is 776 g/mol. The van der Waals surface area contributed by atoms with Gasteiger partial charge in [-0.05, 0) is 70.9 Å². The number of nitrogens with one attached hydrogen (secondary N) is 5. The van der Waals surface area contributed by atoms with Crippen molar-refractivity contribution in [2.75, 3.05) is 58.9 Å². The lowest BCUT2D eigenvalue weighted by Gasteiger charge is -2.31. The maximum absolute atomic E-state index is 13.6. The van der Waals surface area contributed by atoms with Crippen LogP contribution < -0.4 is 32.3 Å². The first-order chi connectivity index (χ1) is 28.2. The lowest BCUT2D eigenvalue weighted by atomic mass is 10.1. The second-order valence-electron chi connectivity index (χ2n) is 15.8. The average Bonchev–Trinajstić information content (AvgIpc) is 4.06. The number of aliphatic carboxylic acids is 1. The maximum Gasteiger partial charge on any atom is 0.322 e. The van der Waals surface area contributed by atoms with Gasteiger partial charge < -0.3 is 67.2 Å². The summed E-state index contributed by atoms with van der Waals surface area (Å²) in [6.07, 6.45) is 2.17. The molecule has 10 N–H and O–H groups in total. The number of unbranched alkanes of at least 4 members (excludes halogenated alkanes) is 1. The molecule has 8 atom stereocenters. The fraction of sp³-hybridized carbons (Fsp3) is 0.757. The molecule has 5 saturated heterocycles. The number of aliphatic hydroxyl groups is 2. The van der Waals surface area contributed by atoms with E-state index < -0.39 is 115 Å². The molecular formula is C37H58N10O12. The van der Waals surface area contributed by atoms with Gasteiger partial charge in [-0.1, -0.05) is 0 Å². The van der Waals surface area contributed by atoms with Crippen LogP contribution >= 0.6 is 0 Å². The maximum atomic E-state index is 13.6. The molecule has 0 aromatic carbocycles. The SMILES string of the molecule is NCCCC[C@H](NC(=O)[C@@H]1CCCN1C(=O)CNC(=O)[C@@H]1C[C@@H](O)CN1C(=O)[C@@H]1CCCN1)C(=O)NCC(=O)N1CCC[C@H]1C(=O)N1C[C@H](O)C[C@H]1C(=O)NCC(=O)O. The van der Waals surface area contributed by atoms with Crippen LogP contribution in [-0.4, -0.2) is 196 Å². The van der Waals surface area contributed by atoms with Gasteiger partial charge in [-0.2, -0.15) is 0 Å². The van der Waals surface area contributed by atoms with Gasteiger partial charge in [0.1, 0.15) is 36.8 Å². The van der Waals surface area contributed by atoms with Gasteiger partial charge in [-0.15, -0.1) is 0 Å². The number of likely N-dealkylation sites (tertiary alicyclic amines) is 4. The van der Waals surface area contributed by atoms with E-state index in [1.54, 1.807) is 0 Å². The Labute approximate surface area is 341 Å². The van der Waals surface area contributed by atoms with Crippen molar-refractivity contribution >= 4 is 53.2 Å². The summed E-state index contributed by atoms with van der Waals surface area (Å²) in [5, 5.41) is 42.6. The number of β-amino-alcohol motifs (C(OH)–C–C–N with tert-alkyl or cyclic N) is 2. The first-order valence-corrected chi connectivity index (χ1v) is 20.5. The third kappa shape index (κ3) is 11.4. The van der Waals surface area contributed by atoms with Crippen LogP contribution in [0, 0.1) is 0 Å². The number of aliphatic hydroxyl groups excluding tert-OH is 2. The predicted octanol–water partition coefficient (Wildman–Crippen LogP) is -5.31. The number of hydrogen-bond donors (Lipinski definition) is 9. The number of nitrogens with two attached hydrogens (primary N) is 1. The zero-order valence-electron chi connectivity index (χ0n) is 33.1. The Morgan fingerprint density at radius 2 is 1.20 bits per heavy atom. The topological polar surface area (TPSA) is 313 Å². The minimum Gasteiger partial charge on any atom is -0.480 e. The minimum absolute atomic E-state index is 0.00896. The van der Waals surface area contributed by atoms with Crippen LogP contribution in [0.5, 0.6) is 0 Å². The molecule has 8 amide bonds. The molecule has 0 radical (unpaired) electrons. The zero-order chi connectivity index (χ0) is 42.8. The number of carboxylic acid groups (broad SMARTS) is 1. The number of hydrogen-bond acceptors (Lipinski definition) is 13. The molecule has 59 heavy (non-hydrogen) atoms. The number of carbonyl (C=O) groups excluding carboxylic acids is 8. The molecule has 5 aliphatic rings. The van der Waals surface area contributed by atoms with Crippen molar-refractivity contribution in [3.8, 4) is 0 Å². The number of nitrogens with zero attached hydrogens (tertiary/aromatic N) is 4. The summed E-state index contributed by atoms with van der Waals surface area (Å²) in [7, 11) is 0. The predicted molar refractivity (Wildman–Crippen MR) is 204 cm³/mol. The van der Waals surface area contributed by atoms with Crippen LogP contribution in [0.3, 0.4) is 0 Å². The van der Waals surface area contributed by atoms with E-state index in [0.717, 1.165) is 11.3 Å². The van der Waals surface area contributed by atoms with Crippen LogP contribution in [0.4, 0.5) is 0 Å². The van der Waals surface area contributed by atoms with Gasteiger partial charge in [0.05, 0.1) is 31.3 Å². The number of carboxylic acids is 1. The summed E-state index contributed by atoms with van der Waals surface area (Å²) in [5.74, 6) is -5.84. The average molecular weight is 835 g/mol. The molecule has 5 rings (SSSR count). The van der Waals surface area contributed by atoms with Crippen LogP contribution in [0.25, 0.3) is 0 Å². The summed E-state index contributed by atoms with van der Waals surface area (Å²) in [5.41, 5.74) is 5.66. The molecule has 0 bridgehead atoms. The quantitative estimate of drug-likeness (QED) is 0.0619. The molecule has 0 aromatic rings. The largest absolute Gasteiger partial charge is 0.480 e. The highest BCUT2D eigenvalue weighted by atomic mass is 16.4. The van der Waals surface area contributed by atoms with E-state index in [2.05, 4.69) is 26.6 Å². The van der Waals surface area contributed by atoms with E-state index in [9.17, 15) is 53.4 Å². The van der Waals surface area contributed by atoms with Crippen molar-refractivity contribution in [3.63, 3.8) is 0 Å². The first-order valence-electron chi connectivity index (χ1n) is 20.5. The lowest BCUT2D eigenvalue weighted by Crippen LogP contribution is -2.56. The highest BCUT2D eigenvalue weighted by molar-refractivity contribution is 5.97. The zero-order valence-corrected chi connectivity index (χ0v) is 33.1. The van der Waals surface area contributed by atoms with Crippen LogP contribution in [0.1, 0.15) is 70.6 Å². The van der Waals surface area contributed by atoms with E-state index in [0.29, 0.717) is 51.6 Å². The van der Waals surface area contributed by atoms with Gasteiger partial charge in [0.2, 0.25) is 47.3 Å². The Kier molecular flexibility index (Phi) is 16.0.